The summed E-state index contributed by atoms with van der Waals surface area (Å²) < 4.78 is 19.7. The van der Waals surface area contributed by atoms with Crippen LogP contribution >= 0.6 is 0 Å². The fourth-order valence-corrected chi connectivity index (χ4v) is 3.53. The highest BCUT2D eigenvalue weighted by molar-refractivity contribution is 5.73. The van der Waals surface area contributed by atoms with Crippen LogP contribution < -0.4 is 15.4 Å². The van der Waals surface area contributed by atoms with Crippen molar-refractivity contribution in [2.75, 3.05) is 18.1 Å². The maximum absolute atomic E-state index is 14.2. The molecule has 3 aromatic rings. The van der Waals surface area contributed by atoms with Gasteiger partial charge in [0.05, 0.1) is 18.3 Å². The van der Waals surface area contributed by atoms with Crippen molar-refractivity contribution >= 4 is 11.7 Å². The zero-order chi connectivity index (χ0) is 21.8. The standard InChI is InChI=1S/C21H22FN7O2/c1-13-15-12-26-21(20-24-6-3-7-25-20)27-16(15)5-8-29(13)19-11-14(10-17(22)28-19)31-9-2-4-18(23)30/h3,6-7,10-13H,2,4-5,8-9H2,1H3,(H2,23,30). The van der Waals surface area contributed by atoms with Crippen molar-refractivity contribution in [1.29, 1.82) is 0 Å². The molecule has 0 bridgehead atoms. The Hall–Kier alpha value is -3.69. The first-order valence-corrected chi connectivity index (χ1v) is 10.00. The summed E-state index contributed by atoms with van der Waals surface area (Å²) in [5, 5.41) is 0. The summed E-state index contributed by atoms with van der Waals surface area (Å²) in [6.07, 6.45) is 6.40. The van der Waals surface area contributed by atoms with E-state index in [1.807, 2.05) is 11.8 Å². The molecule has 0 saturated heterocycles. The Morgan fingerprint density at radius 2 is 2.03 bits per heavy atom. The predicted octanol–water partition coefficient (Wildman–Crippen LogP) is 2.24. The zero-order valence-corrected chi connectivity index (χ0v) is 17.0. The average Bonchev–Trinajstić information content (AvgIpc) is 2.77. The Morgan fingerprint density at radius 1 is 1.23 bits per heavy atom. The molecule has 9 nitrogen and oxygen atoms in total. The van der Waals surface area contributed by atoms with E-state index in [2.05, 4.69) is 24.9 Å². The molecule has 10 heteroatoms. The molecule has 160 valence electrons. The molecule has 1 unspecified atom stereocenters. The topological polar surface area (TPSA) is 120 Å². The first-order chi connectivity index (χ1) is 15.0. The summed E-state index contributed by atoms with van der Waals surface area (Å²) in [5.41, 5.74) is 6.99. The molecule has 0 saturated carbocycles. The number of rotatable bonds is 7. The van der Waals surface area contributed by atoms with Crippen LogP contribution in [0.4, 0.5) is 10.2 Å². The van der Waals surface area contributed by atoms with Crippen LogP contribution in [0.1, 0.15) is 37.1 Å². The van der Waals surface area contributed by atoms with E-state index >= 15 is 0 Å². The van der Waals surface area contributed by atoms with Gasteiger partial charge in [-0.3, -0.25) is 4.79 Å². The SMILES string of the molecule is CC1c2cnc(-c3ncccn3)nc2CCN1c1cc(OCCCC(N)=O)cc(F)n1. The second-order valence-corrected chi connectivity index (χ2v) is 7.19. The third kappa shape index (κ3) is 4.73. The highest BCUT2D eigenvalue weighted by atomic mass is 19.1. The van der Waals surface area contributed by atoms with Crippen LogP contribution in [0.2, 0.25) is 0 Å². The van der Waals surface area contributed by atoms with Crippen molar-refractivity contribution in [3.63, 3.8) is 0 Å². The van der Waals surface area contributed by atoms with Gasteiger partial charge in [0.15, 0.2) is 11.6 Å². The molecule has 4 rings (SSSR count). The molecule has 1 amide bonds. The Kier molecular flexibility index (Phi) is 5.96. The molecular formula is C21H22FN7O2. The number of nitrogens with zero attached hydrogens (tertiary/aromatic N) is 6. The van der Waals surface area contributed by atoms with Crippen molar-refractivity contribution in [1.82, 2.24) is 24.9 Å². The largest absolute Gasteiger partial charge is 0.493 e. The van der Waals surface area contributed by atoms with Crippen molar-refractivity contribution in [2.45, 2.75) is 32.2 Å². The van der Waals surface area contributed by atoms with Gasteiger partial charge in [0, 0.05) is 55.7 Å². The first kappa shape index (κ1) is 20.6. The minimum atomic E-state index is -0.631. The molecule has 1 aliphatic rings. The Labute approximate surface area is 178 Å². The molecule has 0 aliphatic carbocycles. The number of aromatic nitrogens is 5. The van der Waals surface area contributed by atoms with Gasteiger partial charge in [-0.2, -0.15) is 4.39 Å². The monoisotopic (exact) mass is 423 g/mol. The second-order valence-electron chi connectivity index (χ2n) is 7.19. The minimum absolute atomic E-state index is 0.105. The Balaban J connectivity index is 1.52. The van der Waals surface area contributed by atoms with Gasteiger partial charge < -0.3 is 15.4 Å². The van der Waals surface area contributed by atoms with Gasteiger partial charge in [-0.25, -0.2) is 24.9 Å². The molecule has 0 aromatic carbocycles. The number of nitrogens with two attached hydrogens (primary N) is 1. The third-order valence-corrected chi connectivity index (χ3v) is 5.06. The molecule has 1 atom stereocenters. The number of pyridine rings is 1. The minimum Gasteiger partial charge on any atom is -0.493 e. The normalized spacial score (nSPS) is 15.4. The fraction of sp³-hybridized carbons (Fsp3) is 0.333. The lowest BCUT2D eigenvalue weighted by molar-refractivity contribution is -0.118. The third-order valence-electron chi connectivity index (χ3n) is 5.06. The second kappa shape index (κ2) is 8.99. The smallest absolute Gasteiger partial charge is 0.218 e. The molecule has 0 fully saturated rings. The van der Waals surface area contributed by atoms with Crippen LogP contribution in [0, 0.1) is 5.95 Å². The molecular weight excluding hydrogens is 401 g/mol. The van der Waals surface area contributed by atoms with E-state index < -0.39 is 11.9 Å². The summed E-state index contributed by atoms with van der Waals surface area (Å²) in [6, 6.07) is 4.56. The van der Waals surface area contributed by atoms with Gasteiger partial charge in [-0.15, -0.1) is 0 Å². The molecule has 2 N–H and O–H groups in total. The van der Waals surface area contributed by atoms with E-state index in [0.29, 0.717) is 42.6 Å². The average molecular weight is 423 g/mol. The maximum Gasteiger partial charge on any atom is 0.218 e. The Bertz CT molecular complexity index is 1080. The van der Waals surface area contributed by atoms with Crippen LogP contribution in [0.15, 0.2) is 36.8 Å². The number of anilines is 1. The van der Waals surface area contributed by atoms with E-state index in [1.165, 1.54) is 6.07 Å². The number of halogens is 1. The number of ether oxygens (including phenoxy) is 1. The van der Waals surface area contributed by atoms with E-state index in [9.17, 15) is 9.18 Å². The van der Waals surface area contributed by atoms with Crippen LogP contribution in [0.3, 0.4) is 0 Å². The number of carbonyl (C=O) groups is 1. The molecule has 4 heterocycles. The van der Waals surface area contributed by atoms with Crippen LogP contribution in [0.5, 0.6) is 5.75 Å². The number of amides is 1. The highest BCUT2D eigenvalue weighted by Crippen LogP contribution is 2.33. The van der Waals surface area contributed by atoms with Crippen LogP contribution in [-0.2, 0) is 11.2 Å². The van der Waals surface area contributed by atoms with Crippen molar-refractivity contribution in [3.05, 3.63) is 54.0 Å². The summed E-state index contributed by atoms with van der Waals surface area (Å²) in [4.78, 5) is 34.3. The molecule has 1 aliphatic heterocycles. The Morgan fingerprint density at radius 3 is 2.81 bits per heavy atom. The van der Waals surface area contributed by atoms with E-state index in [1.54, 1.807) is 30.7 Å². The van der Waals surface area contributed by atoms with Crippen LogP contribution in [0.25, 0.3) is 11.6 Å². The number of primary amides is 1. The number of carbonyl (C=O) groups excluding carboxylic acids is 1. The maximum atomic E-state index is 14.2. The zero-order valence-electron chi connectivity index (χ0n) is 17.0. The van der Waals surface area contributed by atoms with E-state index in [0.717, 1.165) is 11.3 Å². The molecule has 0 spiro atoms. The highest BCUT2D eigenvalue weighted by Gasteiger charge is 2.27. The number of hydrogen-bond acceptors (Lipinski definition) is 8. The van der Waals surface area contributed by atoms with Gasteiger partial charge in [-0.05, 0) is 19.4 Å². The summed E-state index contributed by atoms with van der Waals surface area (Å²) in [7, 11) is 0. The van der Waals surface area contributed by atoms with Gasteiger partial charge in [0.2, 0.25) is 11.9 Å². The van der Waals surface area contributed by atoms with Crippen molar-refractivity contribution < 1.29 is 13.9 Å². The van der Waals surface area contributed by atoms with Gasteiger partial charge in [0.25, 0.3) is 0 Å². The summed E-state index contributed by atoms with van der Waals surface area (Å²) in [5.74, 6) is 0.764. The molecule has 31 heavy (non-hydrogen) atoms. The number of hydrogen-bond donors (Lipinski definition) is 1. The van der Waals surface area contributed by atoms with Crippen molar-refractivity contribution in [3.8, 4) is 17.4 Å². The van der Waals surface area contributed by atoms with Gasteiger partial charge >= 0.3 is 0 Å². The lowest BCUT2D eigenvalue weighted by atomic mass is 9.99. The van der Waals surface area contributed by atoms with E-state index in [-0.39, 0.29) is 19.1 Å². The van der Waals surface area contributed by atoms with Crippen molar-refractivity contribution in [2.24, 2.45) is 5.73 Å². The first-order valence-electron chi connectivity index (χ1n) is 10.00. The summed E-state index contributed by atoms with van der Waals surface area (Å²) in [6.45, 7) is 2.88. The fourth-order valence-electron chi connectivity index (χ4n) is 3.53. The van der Waals surface area contributed by atoms with E-state index in [4.69, 9.17) is 10.5 Å². The number of fused-ring (bicyclic) bond motifs is 1. The van der Waals surface area contributed by atoms with Crippen LogP contribution in [-0.4, -0.2) is 44.0 Å². The quantitative estimate of drug-likeness (QED) is 0.454. The lowest BCUT2D eigenvalue weighted by Gasteiger charge is -2.35. The predicted molar refractivity (Wildman–Crippen MR) is 111 cm³/mol. The van der Waals surface area contributed by atoms with Gasteiger partial charge in [0.1, 0.15) is 11.6 Å². The van der Waals surface area contributed by atoms with Gasteiger partial charge in [-0.1, -0.05) is 0 Å². The molecule has 3 aromatic heterocycles. The lowest BCUT2D eigenvalue weighted by Crippen LogP contribution is -2.35. The molecule has 0 radical (unpaired) electrons. The summed E-state index contributed by atoms with van der Waals surface area (Å²) >= 11 is 0.